The van der Waals surface area contributed by atoms with Gasteiger partial charge < -0.3 is 48.5 Å². The largest absolute Gasteiger partial charge is 0.463 e. The highest BCUT2D eigenvalue weighted by Gasteiger charge is 2.50. The normalized spacial score (nSPS) is 27.7. The topological polar surface area (TPSA) is 183 Å². The first-order valence-corrected chi connectivity index (χ1v) is 21.8. The summed E-state index contributed by atoms with van der Waals surface area (Å²) in [6, 6.07) is 15.2. The van der Waals surface area contributed by atoms with Crippen LogP contribution in [0.5, 0.6) is 0 Å². The van der Waals surface area contributed by atoms with Gasteiger partial charge in [0.1, 0.15) is 32.0 Å². The number of carbonyl (C=O) groups excluding carboxylic acids is 5. The van der Waals surface area contributed by atoms with E-state index in [4.69, 9.17) is 37.9 Å². The third kappa shape index (κ3) is 12.0. The fourth-order valence-corrected chi connectivity index (χ4v) is 8.70. The van der Waals surface area contributed by atoms with Crippen LogP contribution in [-0.4, -0.2) is 117 Å². The Hall–Kier alpha value is -4.22. The maximum atomic E-state index is 13.4. The molecule has 16 heteroatoms. The second-order valence-electron chi connectivity index (χ2n) is 15.6. The molecule has 0 aromatic heterocycles. The van der Waals surface area contributed by atoms with E-state index in [1.54, 1.807) is 0 Å². The van der Waals surface area contributed by atoms with Gasteiger partial charge in [-0.15, -0.1) is 0 Å². The number of amides is 2. The van der Waals surface area contributed by atoms with Gasteiger partial charge in [-0.1, -0.05) is 83.1 Å². The van der Waals surface area contributed by atoms with Gasteiger partial charge in [-0.2, -0.15) is 11.8 Å². The lowest BCUT2D eigenvalue weighted by molar-refractivity contribution is -0.337. The minimum atomic E-state index is -1.12. The Morgan fingerprint density at radius 1 is 0.700 bits per heavy atom. The van der Waals surface area contributed by atoms with Crippen molar-refractivity contribution in [3.8, 4) is 11.1 Å². The van der Waals surface area contributed by atoms with E-state index in [2.05, 4.69) is 29.7 Å². The Morgan fingerprint density at radius 2 is 1.30 bits per heavy atom. The Balaban J connectivity index is 1.19. The van der Waals surface area contributed by atoms with Gasteiger partial charge in [-0.25, -0.2) is 4.79 Å². The SMILES string of the molecule is CCSCC(NC(=O)OCC1c2ccccc2-c2ccccc21)C(=O)NCCO[C@@H]1OC(COC(C)=O)[C@@H](O[C@H]2OC(COC(C)=O)[C@@H](C)[C@H](C)C2C)[C@H](C)C1OC(C)=O. The van der Waals surface area contributed by atoms with E-state index in [1.165, 1.54) is 32.5 Å². The molecule has 2 saturated heterocycles. The van der Waals surface area contributed by atoms with Gasteiger partial charge in [-0.05, 0) is 39.8 Å². The first kappa shape index (κ1) is 46.8. The molecular formula is C44H60N2O13S. The van der Waals surface area contributed by atoms with Crippen LogP contribution >= 0.6 is 11.8 Å². The van der Waals surface area contributed by atoms with E-state index in [-0.39, 0.29) is 56.6 Å². The Labute approximate surface area is 356 Å². The number of thioether (sulfide) groups is 1. The number of benzene rings is 2. The predicted octanol–water partition coefficient (Wildman–Crippen LogP) is 5.22. The van der Waals surface area contributed by atoms with Crippen LogP contribution in [0.15, 0.2) is 48.5 Å². The lowest BCUT2D eigenvalue weighted by Crippen LogP contribution is -2.60. The molecule has 0 bridgehead atoms. The summed E-state index contributed by atoms with van der Waals surface area (Å²) in [4.78, 5) is 62.5. The quantitative estimate of drug-likeness (QED) is 0.113. The maximum Gasteiger partial charge on any atom is 0.407 e. The maximum absolute atomic E-state index is 13.4. The van der Waals surface area contributed by atoms with Crippen LogP contribution in [0.25, 0.3) is 11.1 Å². The summed E-state index contributed by atoms with van der Waals surface area (Å²) in [6.07, 6.45) is -5.59. The number of carbonyl (C=O) groups is 5. The number of hydrogen-bond acceptors (Lipinski definition) is 14. The lowest BCUT2D eigenvalue weighted by atomic mass is 9.79. The molecule has 11 atom stereocenters. The van der Waals surface area contributed by atoms with Gasteiger partial charge in [0.05, 0.1) is 18.8 Å². The fourth-order valence-electron chi connectivity index (χ4n) is 7.99. The van der Waals surface area contributed by atoms with Gasteiger partial charge >= 0.3 is 24.0 Å². The molecule has 3 aliphatic rings. The molecule has 5 rings (SSSR count). The highest BCUT2D eigenvalue weighted by Crippen LogP contribution is 2.44. The number of ether oxygens (including phenoxy) is 8. The van der Waals surface area contributed by atoms with Gasteiger partial charge in [0.15, 0.2) is 18.7 Å². The second-order valence-corrected chi connectivity index (χ2v) is 17.0. The molecule has 5 unspecified atom stereocenters. The fraction of sp³-hybridized carbons (Fsp3) is 0.614. The summed E-state index contributed by atoms with van der Waals surface area (Å²) < 4.78 is 47.5. The van der Waals surface area contributed by atoms with Gasteiger partial charge in [0.25, 0.3) is 0 Å². The molecule has 0 radical (unpaired) electrons. The summed E-state index contributed by atoms with van der Waals surface area (Å²) >= 11 is 1.50. The zero-order chi connectivity index (χ0) is 43.5. The number of esters is 3. The molecule has 2 N–H and O–H groups in total. The zero-order valence-corrected chi connectivity index (χ0v) is 36.5. The number of rotatable bonds is 18. The lowest BCUT2D eigenvalue weighted by Gasteiger charge is -2.48. The molecule has 0 saturated carbocycles. The Kier molecular flexibility index (Phi) is 17.2. The highest BCUT2D eigenvalue weighted by atomic mass is 32.2. The monoisotopic (exact) mass is 856 g/mol. The molecule has 60 heavy (non-hydrogen) atoms. The molecule has 2 fully saturated rings. The Bertz CT molecular complexity index is 1750. The first-order valence-electron chi connectivity index (χ1n) is 20.7. The van der Waals surface area contributed by atoms with Gasteiger partial charge in [0, 0.05) is 50.8 Å². The van der Waals surface area contributed by atoms with Crippen molar-refractivity contribution in [2.24, 2.45) is 23.7 Å². The van der Waals surface area contributed by atoms with Crippen molar-refractivity contribution >= 4 is 41.7 Å². The molecule has 2 amide bonds. The van der Waals surface area contributed by atoms with Crippen LogP contribution in [0.4, 0.5) is 4.79 Å². The van der Waals surface area contributed by atoms with Crippen molar-refractivity contribution in [1.82, 2.24) is 10.6 Å². The summed E-state index contributed by atoms with van der Waals surface area (Å²) in [5.41, 5.74) is 4.39. The van der Waals surface area contributed by atoms with E-state index in [1.807, 2.05) is 64.1 Å². The van der Waals surface area contributed by atoms with Crippen LogP contribution in [-0.2, 0) is 57.1 Å². The number of nitrogens with one attached hydrogen (secondary N) is 2. The van der Waals surface area contributed by atoms with Crippen LogP contribution in [0, 0.1) is 23.7 Å². The minimum Gasteiger partial charge on any atom is -0.463 e. The molecular weight excluding hydrogens is 797 g/mol. The van der Waals surface area contributed by atoms with E-state index in [0.29, 0.717) is 5.75 Å². The Morgan fingerprint density at radius 3 is 1.90 bits per heavy atom. The molecule has 2 aromatic rings. The predicted molar refractivity (Wildman–Crippen MR) is 222 cm³/mol. The summed E-state index contributed by atoms with van der Waals surface area (Å²) in [7, 11) is 0. The van der Waals surface area contributed by atoms with Crippen molar-refractivity contribution in [3.05, 3.63) is 59.7 Å². The molecule has 15 nitrogen and oxygen atoms in total. The molecule has 0 spiro atoms. The minimum absolute atomic E-state index is 0.0291. The number of alkyl carbamates (subject to hydrolysis) is 1. The van der Waals surface area contributed by atoms with E-state index in [9.17, 15) is 24.0 Å². The average Bonchev–Trinajstić information content (AvgIpc) is 3.54. The third-order valence-electron chi connectivity index (χ3n) is 11.6. The molecule has 330 valence electrons. The molecule has 1 aliphatic carbocycles. The van der Waals surface area contributed by atoms with Crippen LogP contribution in [0.3, 0.4) is 0 Å². The first-order chi connectivity index (χ1) is 28.7. The van der Waals surface area contributed by atoms with Crippen molar-refractivity contribution in [1.29, 1.82) is 0 Å². The third-order valence-corrected chi connectivity index (χ3v) is 12.6. The van der Waals surface area contributed by atoms with Crippen LogP contribution < -0.4 is 10.6 Å². The van der Waals surface area contributed by atoms with Gasteiger partial charge in [0.2, 0.25) is 5.91 Å². The van der Waals surface area contributed by atoms with Crippen molar-refractivity contribution < 1.29 is 61.9 Å². The summed E-state index contributed by atoms with van der Waals surface area (Å²) in [5.74, 6) is -1.47. The standard InChI is InChI=1S/C44H60N2O13S/c1-9-60-23-36(46-44(51)55-20-35-33-16-12-10-14-31(33)32-15-11-13-17-34(32)35)41(50)45-18-19-52-43-40(56-30(8)49)27(5)39(38(58-43)22-54-29(7)48)59-42-26(4)24(2)25(3)37(57-42)21-53-28(6)47/h10-17,24-27,35-40,42-43H,9,18-23H2,1-8H3,(H,45,50)(H,46,51)/t24-,25-,26?,27-,36?,37?,38?,39-,40?,42+,43+/m0/s1. The highest BCUT2D eigenvalue weighted by molar-refractivity contribution is 7.99. The molecule has 2 aromatic carbocycles. The van der Waals surface area contributed by atoms with E-state index >= 15 is 0 Å². The molecule has 2 aliphatic heterocycles. The van der Waals surface area contributed by atoms with E-state index < -0.39 is 78.9 Å². The smallest absolute Gasteiger partial charge is 0.407 e. The van der Waals surface area contributed by atoms with Crippen LogP contribution in [0.2, 0.25) is 0 Å². The van der Waals surface area contributed by atoms with Crippen molar-refractivity contribution in [3.63, 3.8) is 0 Å². The second kappa shape index (κ2) is 22.0. The average molecular weight is 857 g/mol. The summed E-state index contributed by atoms with van der Waals surface area (Å²) in [5, 5.41) is 5.56. The zero-order valence-electron chi connectivity index (χ0n) is 35.7. The number of hydrogen-bond donors (Lipinski definition) is 2. The van der Waals surface area contributed by atoms with Gasteiger partial charge in [-0.3, -0.25) is 19.2 Å². The van der Waals surface area contributed by atoms with Crippen LogP contribution in [0.1, 0.15) is 72.4 Å². The van der Waals surface area contributed by atoms with Crippen molar-refractivity contribution in [2.75, 3.05) is 44.5 Å². The molecule has 2 heterocycles. The summed E-state index contributed by atoms with van der Waals surface area (Å²) in [6.45, 7) is 13.8. The van der Waals surface area contributed by atoms with E-state index in [0.717, 1.165) is 28.0 Å². The van der Waals surface area contributed by atoms with Crippen molar-refractivity contribution in [2.45, 2.75) is 104 Å². The number of fused-ring (bicyclic) bond motifs is 3.